The molecule has 0 bridgehead atoms. The summed E-state index contributed by atoms with van der Waals surface area (Å²) >= 11 is 0. The zero-order valence-electron chi connectivity index (χ0n) is 13.8. The Hall–Kier alpha value is -2.43. The fraction of sp³-hybridized carbons (Fsp3) is 0.389. The maximum Gasteiger partial charge on any atom is 0.270 e. The highest BCUT2D eigenvalue weighted by molar-refractivity contribution is 5.92. The molecule has 0 saturated heterocycles. The molecule has 0 spiro atoms. The zero-order chi connectivity index (χ0) is 16.5. The van der Waals surface area contributed by atoms with E-state index in [1.165, 1.54) is 18.4 Å². The van der Waals surface area contributed by atoms with Gasteiger partial charge in [-0.05, 0) is 25.0 Å². The minimum atomic E-state index is -0.189. The maximum atomic E-state index is 12.2. The average molecular weight is 312 g/mol. The van der Waals surface area contributed by atoms with Gasteiger partial charge >= 0.3 is 0 Å². The van der Waals surface area contributed by atoms with Crippen LogP contribution in [-0.2, 0) is 6.54 Å². The van der Waals surface area contributed by atoms with E-state index in [0.717, 1.165) is 18.5 Å². The minimum absolute atomic E-state index is 0.189. The van der Waals surface area contributed by atoms with E-state index in [1.807, 2.05) is 25.1 Å². The lowest BCUT2D eigenvalue weighted by atomic mass is 10.1. The van der Waals surface area contributed by atoms with Crippen LogP contribution in [0.2, 0.25) is 0 Å². The normalized spacial score (nSPS) is 10.3. The van der Waals surface area contributed by atoms with Crippen LogP contribution in [-0.4, -0.2) is 22.4 Å². The predicted octanol–water partition coefficient (Wildman–Crippen LogP) is 3.32. The molecule has 0 atom stereocenters. The van der Waals surface area contributed by atoms with Gasteiger partial charge in [-0.3, -0.25) is 4.79 Å². The van der Waals surface area contributed by atoms with Gasteiger partial charge in [0.1, 0.15) is 5.69 Å². The van der Waals surface area contributed by atoms with Gasteiger partial charge in [-0.1, -0.05) is 49.6 Å². The lowest BCUT2D eigenvalue weighted by Crippen LogP contribution is -2.24. The summed E-state index contributed by atoms with van der Waals surface area (Å²) in [7, 11) is 0. The quantitative estimate of drug-likeness (QED) is 0.734. The molecule has 2 rings (SSSR count). The summed E-state index contributed by atoms with van der Waals surface area (Å²) in [6, 6.07) is 9.70. The Labute approximate surface area is 137 Å². The third-order valence-electron chi connectivity index (χ3n) is 3.49. The van der Waals surface area contributed by atoms with Crippen molar-refractivity contribution in [2.75, 3.05) is 11.9 Å². The third-order valence-corrected chi connectivity index (χ3v) is 3.49. The largest absolute Gasteiger partial charge is 0.354 e. The number of aryl methyl sites for hydroxylation is 1. The minimum Gasteiger partial charge on any atom is -0.354 e. The van der Waals surface area contributed by atoms with Crippen molar-refractivity contribution in [3.63, 3.8) is 0 Å². The van der Waals surface area contributed by atoms with E-state index in [9.17, 15) is 4.79 Å². The first kappa shape index (κ1) is 16.9. The standard InChI is InChI=1S/C18H24N4O/c1-3-4-5-10-19-18-20-11-9-16(22-18)17(23)21-13-15-8-6-7-14(2)12-15/h6-9,11-12H,3-5,10,13H2,1-2H3,(H,21,23)(H,19,20,22). The van der Waals surface area contributed by atoms with Gasteiger partial charge < -0.3 is 10.6 Å². The molecule has 0 aliphatic carbocycles. The number of nitrogens with one attached hydrogen (secondary N) is 2. The van der Waals surface area contributed by atoms with Crippen molar-refractivity contribution in [2.24, 2.45) is 0 Å². The van der Waals surface area contributed by atoms with Crippen molar-refractivity contribution in [2.45, 2.75) is 39.7 Å². The fourth-order valence-electron chi connectivity index (χ4n) is 2.24. The van der Waals surface area contributed by atoms with Gasteiger partial charge in [0.15, 0.2) is 0 Å². The molecule has 122 valence electrons. The number of nitrogens with zero attached hydrogens (tertiary/aromatic N) is 2. The Kier molecular flexibility index (Phi) is 6.54. The second-order valence-electron chi connectivity index (χ2n) is 5.57. The van der Waals surface area contributed by atoms with Gasteiger partial charge in [0.25, 0.3) is 5.91 Å². The number of aromatic nitrogens is 2. The Morgan fingerprint density at radius 2 is 2.09 bits per heavy atom. The van der Waals surface area contributed by atoms with Crippen molar-refractivity contribution in [3.05, 3.63) is 53.3 Å². The summed E-state index contributed by atoms with van der Waals surface area (Å²) < 4.78 is 0. The molecule has 0 aliphatic rings. The van der Waals surface area contributed by atoms with Crippen LogP contribution in [0.4, 0.5) is 5.95 Å². The lowest BCUT2D eigenvalue weighted by molar-refractivity contribution is 0.0946. The van der Waals surface area contributed by atoms with Gasteiger partial charge in [-0.15, -0.1) is 0 Å². The lowest BCUT2D eigenvalue weighted by Gasteiger charge is -2.08. The van der Waals surface area contributed by atoms with E-state index in [-0.39, 0.29) is 5.91 Å². The second kappa shape index (κ2) is 8.88. The van der Waals surface area contributed by atoms with Gasteiger partial charge in [0, 0.05) is 19.3 Å². The van der Waals surface area contributed by atoms with Crippen molar-refractivity contribution >= 4 is 11.9 Å². The maximum absolute atomic E-state index is 12.2. The Bertz CT molecular complexity index is 642. The summed E-state index contributed by atoms with van der Waals surface area (Å²) in [4.78, 5) is 20.6. The van der Waals surface area contributed by atoms with Gasteiger partial charge in [-0.2, -0.15) is 0 Å². The zero-order valence-corrected chi connectivity index (χ0v) is 13.8. The van der Waals surface area contributed by atoms with Crippen LogP contribution >= 0.6 is 0 Å². The van der Waals surface area contributed by atoms with Gasteiger partial charge in [-0.25, -0.2) is 9.97 Å². The first-order valence-corrected chi connectivity index (χ1v) is 8.09. The molecule has 2 N–H and O–H groups in total. The predicted molar refractivity (Wildman–Crippen MR) is 92.4 cm³/mol. The number of anilines is 1. The molecule has 1 aromatic carbocycles. The Balaban J connectivity index is 1.89. The summed E-state index contributed by atoms with van der Waals surface area (Å²) in [6.45, 7) is 5.51. The molecule has 0 radical (unpaired) electrons. The van der Waals surface area contributed by atoms with Crippen molar-refractivity contribution in [1.82, 2.24) is 15.3 Å². The number of hydrogen-bond donors (Lipinski definition) is 2. The van der Waals surface area contributed by atoms with Crippen LogP contribution in [0, 0.1) is 6.92 Å². The van der Waals surface area contributed by atoms with E-state index in [4.69, 9.17) is 0 Å². The average Bonchev–Trinajstić information content (AvgIpc) is 2.57. The molecule has 0 fully saturated rings. The van der Waals surface area contributed by atoms with Crippen LogP contribution in [0.25, 0.3) is 0 Å². The first-order valence-electron chi connectivity index (χ1n) is 8.09. The number of carbonyl (C=O) groups excluding carboxylic acids is 1. The number of rotatable bonds is 8. The first-order chi connectivity index (χ1) is 11.2. The van der Waals surface area contributed by atoms with Crippen molar-refractivity contribution < 1.29 is 4.79 Å². The van der Waals surface area contributed by atoms with Gasteiger partial charge in [0.2, 0.25) is 5.95 Å². The molecule has 1 aromatic heterocycles. The van der Waals surface area contributed by atoms with Gasteiger partial charge in [0.05, 0.1) is 0 Å². The second-order valence-corrected chi connectivity index (χ2v) is 5.57. The highest BCUT2D eigenvalue weighted by Crippen LogP contribution is 2.05. The van der Waals surface area contributed by atoms with E-state index in [0.29, 0.717) is 18.2 Å². The van der Waals surface area contributed by atoms with Crippen LogP contribution in [0.3, 0.4) is 0 Å². The van der Waals surface area contributed by atoms with E-state index in [1.54, 1.807) is 12.3 Å². The number of unbranched alkanes of at least 4 members (excludes halogenated alkanes) is 2. The third kappa shape index (κ3) is 5.70. The molecule has 0 aliphatic heterocycles. The van der Waals surface area contributed by atoms with Crippen LogP contribution in [0.5, 0.6) is 0 Å². The van der Waals surface area contributed by atoms with E-state index in [2.05, 4.69) is 33.6 Å². The van der Waals surface area contributed by atoms with Crippen LogP contribution in [0.15, 0.2) is 36.5 Å². The highest BCUT2D eigenvalue weighted by atomic mass is 16.1. The number of carbonyl (C=O) groups is 1. The van der Waals surface area contributed by atoms with Crippen LogP contribution < -0.4 is 10.6 Å². The molecular weight excluding hydrogens is 288 g/mol. The number of benzene rings is 1. The molecule has 5 heteroatoms. The summed E-state index contributed by atoms with van der Waals surface area (Å²) in [5.41, 5.74) is 2.63. The molecular formula is C18H24N4O. The summed E-state index contributed by atoms with van der Waals surface area (Å²) in [5.74, 6) is 0.315. The van der Waals surface area contributed by atoms with Crippen molar-refractivity contribution in [1.29, 1.82) is 0 Å². The molecule has 1 amide bonds. The topological polar surface area (TPSA) is 66.9 Å². The van der Waals surface area contributed by atoms with E-state index >= 15 is 0 Å². The fourth-order valence-corrected chi connectivity index (χ4v) is 2.24. The molecule has 0 unspecified atom stereocenters. The smallest absolute Gasteiger partial charge is 0.270 e. The Morgan fingerprint density at radius 1 is 1.22 bits per heavy atom. The molecule has 0 saturated carbocycles. The summed E-state index contributed by atoms with van der Waals surface area (Å²) in [6.07, 6.45) is 5.02. The SMILES string of the molecule is CCCCCNc1nccc(C(=O)NCc2cccc(C)c2)n1. The molecule has 23 heavy (non-hydrogen) atoms. The highest BCUT2D eigenvalue weighted by Gasteiger charge is 2.08. The number of amides is 1. The summed E-state index contributed by atoms with van der Waals surface area (Å²) in [5, 5.41) is 6.04. The molecule has 5 nitrogen and oxygen atoms in total. The van der Waals surface area contributed by atoms with Crippen LogP contribution in [0.1, 0.15) is 47.8 Å². The number of hydrogen-bond acceptors (Lipinski definition) is 4. The van der Waals surface area contributed by atoms with Crippen molar-refractivity contribution in [3.8, 4) is 0 Å². The monoisotopic (exact) mass is 312 g/mol. The Morgan fingerprint density at radius 3 is 2.87 bits per heavy atom. The molecule has 1 heterocycles. The molecule has 2 aromatic rings. The van der Waals surface area contributed by atoms with E-state index < -0.39 is 0 Å².